The molecule has 1 N–H and O–H groups in total. The average Bonchev–Trinajstić information content (AvgIpc) is 3.13. The Morgan fingerprint density at radius 3 is 2.88 bits per heavy atom. The predicted octanol–water partition coefficient (Wildman–Crippen LogP) is 4.33. The van der Waals surface area contributed by atoms with Crippen molar-refractivity contribution in [2.75, 3.05) is 18.5 Å². The first kappa shape index (κ1) is 16.5. The summed E-state index contributed by atoms with van der Waals surface area (Å²) in [6, 6.07) is 12.3. The molecule has 130 valence electrons. The first-order chi connectivity index (χ1) is 12.1. The van der Waals surface area contributed by atoms with Gasteiger partial charge in [0.1, 0.15) is 12.0 Å². The van der Waals surface area contributed by atoms with E-state index in [1.54, 1.807) is 17.0 Å². The van der Waals surface area contributed by atoms with Gasteiger partial charge in [0.25, 0.3) is 5.91 Å². The van der Waals surface area contributed by atoms with Crippen molar-refractivity contribution in [2.45, 2.75) is 25.1 Å². The summed E-state index contributed by atoms with van der Waals surface area (Å²) in [5, 5.41) is 3.42. The largest absolute Gasteiger partial charge is 0.376 e. The van der Waals surface area contributed by atoms with E-state index in [1.807, 2.05) is 24.3 Å². The lowest BCUT2D eigenvalue weighted by molar-refractivity contribution is 0.0427. The molecule has 0 bridgehead atoms. The molecule has 0 spiro atoms. The molecule has 4 rings (SSSR count). The molecule has 2 aliphatic rings. The van der Waals surface area contributed by atoms with E-state index in [0.29, 0.717) is 16.6 Å². The van der Waals surface area contributed by atoms with Gasteiger partial charge in [-0.25, -0.2) is 4.39 Å². The van der Waals surface area contributed by atoms with Gasteiger partial charge in [-0.3, -0.25) is 4.79 Å². The maximum absolute atomic E-state index is 13.6. The van der Waals surface area contributed by atoms with Gasteiger partial charge < -0.3 is 15.0 Å². The van der Waals surface area contributed by atoms with Gasteiger partial charge in [-0.15, -0.1) is 0 Å². The predicted molar refractivity (Wildman–Crippen MR) is 96.9 cm³/mol. The molecule has 0 radical (unpaired) electrons. The van der Waals surface area contributed by atoms with Gasteiger partial charge in [-0.2, -0.15) is 0 Å². The van der Waals surface area contributed by atoms with Gasteiger partial charge in [0.05, 0.1) is 16.1 Å². The minimum absolute atomic E-state index is 0.0321. The molecule has 2 aromatic rings. The fraction of sp³-hybridized carbons (Fsp3) is 0.316. The molecular formula is C19H18BrFN2O2. The molecule has 2 aromatic carbocycles. The smallest absolute Gasteiger partial charge is 0.257 e. The van der Waals surface area contributed by atoms with Crippen molar-refractivity contribution in [3.05, 3.63) is 63.9 Å². The molecule has 4 nitrogen and oxygen atoms in total. The zero-order valence-electron chi connectivity index (χ0n) is 13.5. The minimum atomic E-state index is -0.358. The number of carbonyl (C=O) groups excluding carboxylic acids is 1. The molecule has 2 atom stereocenters. The second-order valence-corrected chi connectivity index (χ2v) is 7.21. The summed E-state index contributed by atoms with van der Waals surface area (Å²) >= 11 is 3.24. The van der Waals surface area contributed by atoms with Crippen LogP contribution in [0.3, 0.4) is 0 Å². The average molecular weight is 405 g/mol. The topological polar surface area (TPSA) is 41.6 Å². The number of amides is 1. The van der Waals surface area contributed by atoms with Gasteiger partial charge >= 0.3 is 0 Å². The number of ether oxygens (including phenoxy) is 1. The third-order valence-electron chi connectivity index (χ3n) is 4.71. The van der Waals surface area contributed by atoms with E-state index in [4.69, 9.17) is 4.74 Å². The number of hydrogen-bond acceptors (Lipinski definition) is 3. The number of rotatable bonds is 3. The van der Waals surface area contributed by atoms with Crippen LogP contribution in [0.25, 0.3) is 0 Å². The summed E-state index contributed by atoms with van der Waals surface area (Å²) in [7, 11) is 0. The Hall–Kier alpha value is -1.92. The lowest BCUT2D eigenvalue weighted by Gasteiger charge is -2.39. The molecule has 2 heterocycles. The maximum Gasteiger partial charge on any atom is 0.257 e. The van der Waals surface area contributed by atoms with Crippen molar-refractivity contribution < 1.29 is 13.9 Å². The van der Waals surface area contributed by atoms with Crippen LogP contribution in [0.2, 0.25) is 0 Å². The lowest BCUT2D eigenvalue weighted by Crippen LogP contribution is -2.46. The summed E-state index contributed by atoms with van der Waals surface area (Å²) in [4.78, 5) is 14.9. The quantitative estimate of drug-likeness (QED) is 0.827. The molecule has 0 aromatic heterocycles. The Bertz CT molecular complexity index is 808. The Balaban J connectivity index is 1.72. The third kappa shape index (κ3) is 3.16. The zero-order chi connectivity index (χ0) is 17.4. The highest BCUT2D eigenvalue weighted by Crippen LogP contribution is 2.35. The summed E-state index contributed by atoms with van der Waals surface area (Å²) < 4.78 is 19.8. The van der Waals surface area contributed by atoms with Crippen LogP contribution in [0.15, 0.2) is 46.9 Å². The second kappa shape index (κ2) is 6.77. The van der Waals surface area contributed by atoms with Crippen LogP contribution in [0.4, 0.5) is 10.1 Å². The standard InChI is InChI=1S/C19H18BrFN2O2/c20-15-10-12(7-8-16(15)21)18-22-17-6-2-1-5-14(17)19(24)23(18)11-13-4-3-9-25-13/h1-2,5-8,10,13,18,22H,3-4,9,11H2/t13-,18-/m1/s1. The molecular weight excluding hydrogens is 387 g/mol. The van der Waals surface area contributed by atoms with Crippen molar-refractivity contribution in [1.29, 1.82) is 0 Å². The summed E-state index contributed by atoms with van der Waals surface area (Å²) in [6.07, 6.45) is 1.65. The highest BCUT2D eigenvalue weighted by atomic mass is 79.9. The highest BCUT2D eigenvalue weighted by molar-refractivity contribution is 9.10. The molecule has 0 saturated carbocycles. The molecule has 1 fully saturated rings. The van der Waals surface area contributed by atoms with Gasteiger partial charge in [-0.1, -0.05) is 18.2 Å². The van der Waals surface area contributed by atoms with Crippen molar-refractivity contribution in [3.8, 4) is 0 Å². The lowest BCUT2D eigenvalue weighted by atomic mass is 10.0. The number of halogens is 2. The molecule has 0 unspecified atom stereocenters. The van der Waals surface area contributed by atoms with Crippen LogP contribution in [0.1, 0.15) is 34.9 Å². The van der Waals surface area contributed by atoms with Gasteiger partial charge in [0, 0.05) is 18.8 Å². The van der Waals surface area contributed by atoms with E-state index < -0.39 is 0 Å². The van der Waals surface area contributed by atoms with E-state index >= 15 is 0 Å². The Labute approximate surface area is 154 Å². The maximum atomic E-state index is 13.6. The highest BCUT2D eigenvalue weighted by Gasteiger charge is 2.35. The van der Waals surface area contributed by atoms with Crippen LogP contribution in [0, 0.1) is 5.82 Å². The van der Waals surface area contributed by atoms with Crippen molar-refractivity contribution in [2.24, 2.45) is 0 Å². The van der Waals surface area contributed by atoms with Gasteiger partial charge in [0.15, 0.2) is 0 Å². The van der Waals surface area contributed by atoms with Gasteiger partial charge in [-0.05, 0) is 58.6 Å². The fourth-order valence-electron chi connectivity index (χ4n) is 3.43. The van der Waals surface area contributed by atoms with Crippen molar-refractivity contribution >= 4 is 27.5 Å². The first-order valence-corrected chi connectivity index (χ1v) is 9.16. The number of anilines is 1. The fourth-order valence-corrected chi connectivity index (χ4v) is 3.83. The summed E-state index contributed by atoms with van der Waals surface area (Å²) in [5.41, 5.74) is 2.27. The van der Waals surface area contributed by atoms with Crippen LogP contribution in [0.5, 0.6) is 0 Å². The Morgan fingerprint density at radius 2 is 2.12 bits per heavy atom. The molecule has 0 aliphatic carbocycles. The van der Waals surface area contributed by atoms with Crippen molar-refractivity contribution in [1.82, 2.24) is 4.90 Å². The van der Waals surface area contributed by atoms with Crippen LogP contribution < -0.4 is 5.32 Å². The van der Waals surface area contributed by atoms with Crippen LogP contribution in [-0.4, -0.2) is 30.1 Å². The number of hydrogen-bond donors (Lipinski definition) is 1. The number of fused-ring (bicyclic) bond motifs is 1. The van der Waals surface area contributed by atoms with E-state index in [2.05, 4.69) is 21.2 Å². The van der Waals surface area contributed by atoms with E-state index in [-0.39, 0.29) is 24.0 Å². The number of benzene rings is 2. The van der Waals surface area contributed by atoms with E-state index in [9.17, 15) is 9.18 Å². The monoisotopic (exact) mass is 404 g/mol. The number of nitrogens with one attached hydrogen (secondary N) is 1. The minimum Gasteiger partial charge on any atom is -0.376 e. The third-order valence-corrected chi connectivity index (χ3v) is 5.31. The molecule has 25 heavy (non-hydrogen) atoms. The Kier molecular flexibility index (Phi) is 4.48. The normalized spacial score (nSPS) is 22.6. The van der Waals surface area contributed by atoms with E-state index in [0.717, 1.165) is 30.7 Å². The molecule has 1 saturated heterocycles. The van der Waals surface area contributed by atoms with Crippen molar-refractivity contribution in [3.63, 3.8) is 0 Å². The zero-order valence-corrected chi connectivity index (χ0v) is 15.1. The SMILES string of the molecule is O=C1c2ccccc2N[C@@H](c2ccc(F)c(Br)c2)N1C[C@H]1CCCO1. The Morgan fingerprint density at radius 1 is 1.28 bits per heavy atom. The summed E-state index contributed by atoms with van der Waals surface area (Å²) in [5.74, 6) is -0.354. The second-order valence-electron chi connectivity index (χ2n) is 6.36. The molecule has 6 heteroatoms. The number of carbonyl (C=O) groups is 1. The van der Waals surface area contributed by atoms with Gasteiger partial charge in [0.2, 0.25) is 0 Å². The molecule has 1 amide bonds. The van der Waals surface area contributed by atoms with Crippen LogP contribution in [-0.2, 0) is 4.74 Å². The first-order valence-electron chi connectivity index (χ1n) is 8.36. The van der Waals surface area contributed by atoms with E-state index in [1.165, 1.54) is 6.07 Å². The number of nitrogens with zero attached hydrogens (tertiary/aromatic N) is 1. The van der Waals surface area contributed by atoms with Crippen LogP contribution >= 0.6 is 15.9 Å². The summed E-state index contributed by atoms with van der Waals surface area (Å²) in [6.45, 7) is 1.25. The number of para-hydroxylation sites is 1. The molecule has 2 aliphatic heterocycles.